The molecule has 0 saturated carbocycles. The lowest BCUT2D eigenvalue weighted by atomic mass is 9.91. The van der Waals surface area contributed by atoms with Crippen LogP contribution in [0.1, 0.15) is 42.4 Å². The molecule has 12 heteroatoms. The van der Waals surface area contributed by atoms with E-state index in [0.717, 1.165) is 29.4 Å². The molecule has 1 aromatic heterocycles. The molecule has 0 radical (unpaired) electrons. The summed E-state index contributed by atoms with van der Waals surface area (Å²) in [6.45, 7) is 3.94. The van der Waals surface area contributed by atoms with Gasteiger partial charge in [-0.2, -0.15) is 8.75 Å². The van der Waals surface area contributed by atoms with Crippen molar-refractivity contribution in [2.24, 2.45) is 0 Å². The number of ether oxygens (including phenoxy) is 1. The third-order valence-electron chi connectivity index (χ3n) is 5.66. The summed E-state index contributed by atoms with van der Waals surface area (Å²) in [6, 6.07) is 16.3. The lowest BCUT2D eigenvalue weighted by molar-refractivity contribution is -0.274. The Morgan fingerprint density at radius 2 is 1.65 bits per heavy atom. The Kier molecular flexibility index (Phi) is 7.51. The number of alkyl halides is 3. The Bertz CT molecular complexity index is 1520. The number of fused-ring (bicyclic) bond motifs is 1. The third kappa shape index (κ3) is 6.63. The maximum Gasteiger partial charge on any atom is 0.573 e. The van der Waals surface area contributed by atoms with Gasteiger partial charge in [0.15, 0.2) is 0 Å². The van der Waals surface area contributed by atoms with Gasteiger partial charge in [0, 0.05) is 0 Å². The normalized spacial score (nSPS) is 13.0. The van der Waals surface area contributed by atoms with Crippen LogP contribution in [0.25, 0.3) is 11.0 Å². The average Bonchev–Trinajstić information content (AvgIpc) is 3.29. The van der Waals surface area contributed by atoms with Crippen LogP contribution in [0.5, 0.6) is 5.75 Å². The number of carbonyl (C=O) groups excluding carboxylic acids is 1. The van der Waals surface area contributed by atoms with Gasteiger partial charge in [-0.3, -0.25) is 4.79 Å². The number of nitrogens with zero attached hydrogens (tertiary/aromatic N) is 2. The van der Waals surface area contributed by atoms with E-state index in [2.05, 4.69) is 18.2 Å². The van der Waals surface area contributed by atoms with E-state index in [0.29, 0.717) is 22.2 Å². The zero-order chi connectivity index (χ0) is 26.8. The number of rotatable bonds is 8. The van der Waals surface area contributed by atoms with Crippen molar-refractivity contribution >= 4 is 38.7 Å². The Hall–Kier alpha value is -3.51. The molecule has 3 aromatic carbocycles. The van der Waals surface area contributed by atoms with E-state index >= 15 is 0 Å². The molecular weight excluding hydrogens is 527 g/mol. The van der Waals surface area contributed by atoms with Crippen molar-refractivity contribution < 1.29 is 31.1 Å². The topological polar surface area (TPSA) is 98.2 Å². The van der Waals surface area contributed by atoms with E-state index in [9.17, 15) is 26.4 Å². The summed E-state index contributed by atoms with van der Waals surface area (Å²) in [5, 5.41) is 0. The van der Waals surface area contributed by atoms with Gasteiger partial charge >= 0.3 is 6.36 Å². The van der Waals surface area contributed by atoms with E-state index < -0.39 is 34.0 Å². The summed E-state index contributed by atoms with van der Waals surface area (Å²) in [4.78, 5) is 13.3. The Morgan fingerprint density at radius 1 is 0.973 bits per heavy atom. The number of sulfonamides is 1. The number of halogens is 3. The summed E-state index contributed by atoms with van der Waals surface area (Å²) in [7, 11) is -4.21. The number of amides is 1. The molecule has 1 amide bonds. The average molecular weight is 550 g/mol. The van der Waals surface area contributed by atoms with E-state index in [1.54, 1.807) is 30.3 Å². The molecule has 0 aliphatic rings. The van der Waals surface area contributed by atoms with Crippen molar-refractivity contribution in [2.75, 3.05) is 0 Å². The maximum absolute atomic E-state index is 13.4. The van der Waals surface area contributed by atoms with E-state index in [1.165, 1.54) is 24.3 Å². The summed E-state index contributed by atoms with van der Waals surface area (Å²) in [6.07, 6.45) is -4.97. The molecule has 1 atom stereocenters. The molecule has 0 aliphatic carbocycles. The highest BCUT2D eigenvalue weighted by Gasteiger charge is 2.32. The van der Waals surface area contributed by atoms with Gasteiger partial charge < -0.3 is 4.74 Å². The molecule has 4 rings (SSSR count). The summed E-state index contributed by atoms with van der Waals surface area (Å²) in [5.74, 6) is -2.14. The van der Waals surface area contributed by atoms with Crippen molar-refractivity contribution in [3.05, 3.63) is 83.4 Å². The fourth-order valence-corrected chi connectivity index (χ4v) is 5.31. The fraction of sp³-hybridized carbons (Fsp3) is 0.240. The second kappa shape index (κ2) is 10.5. The largest absolute Gasteiger partial charge is 0.573 e. The first-order chi connectivity index (χ1) is 17.4. The van der Waals surface area contributed by atoms with Crippen molar-refractivity contribution in [1.29, 1.82) is 0 Å². The summed E-state index contributed by atoms with van der Waals surface area (Å²) >= 11 is 0.984. The molecule has 7 nitrogen and oxygen atoms in total. The van der Waals surface area contributed by atoms with Gasteiger partial charge in [0.05, 0.1) is 22.5 Å². The first-order valence-electron chi connectivity index (χ1n) is 11.1. The maximum atomic E-state index is 13.4. The highest BCUT2D eigenvalue weighted by atomic mass is 32.2. The third-order valence-corrected chi connectivity index (χ3v) is 7.58. The predicted octanol–water partition coefficient (Wildman–Crippen LogP) is 5.54. The number of aromatic nitrogens is 2. The highest BCUT2D eigenvalue weighted by Crippen LogP contribution is 2.29. The standard InChI is InChI=1S/C25H22F3N3O4S2/c1-15(2)17-6-9-20(10-7-17)37(33,34)31-24(32)21(18-8-11-22-23(14-18)30-36-29-22)13-16-4-3-5-19(12-16)35-25(26,27)28/h3-12,14-15,21H,13H2,1-2H3,(H,31,32). The van der Waals surface area contributed by atoms with Gasteiger partial charge in [0.1, 0.15) is 16.8 Å². The molecule has 0 fully saturated rings. The minimum Gasteiger partial charge on any atom is -0.406 e. The zero-order valence-corrected chi connectivity index (χ0v) is 21.3. The number of carbonyl (C=O) groups is 1. The van der Waals surface area contributed by atoms with Gasteiger partial charge in [-0.15, -0.1) is 13.2 Å². The van der Waals surface area contributed by atoms with Crippen molar-refractivity contribution in [3.63, 3.8) is 0 Å². The van der Waals surface area contributed by atoms with E-state index in [4.69, 9.17) is 0 Å². The lowest BCUT2D eigenvalue weighted by Crippen LogP contribution is -2.35. The molecule has 1 heterocycles. The van der Waals surface area contributed by atoms with E-state index in [-0.39, 0.29) is 17.2 Å². The van der Waals surface area contributed by atoms with Crippen LogP contribution in [0.15, 0.2) is 71.6 Å². The van der Waals surface area contributed by atoms with Gasteiger partial charge in [-0.25, -0.2) is 13.1 Å². The molecule has 4 aromatic rings. The van der Waals surface area contributed by atoms with Crippen molar-refractivity contribution in [2.45, 2.75) is 43.4 Å². The highest BCUT2D eigenvalue weighted by molar-refractivity contribution is 7.90. The lowest BCUT2D eigenvalue weighted by Gasteiger charge is -2.18. The van der Waals surface area contributed by atoms with Crippen LogP contribution < -0.4 is 9.46 Å². The van der Waals surface area contributed by atoms with Crippen LogP contribution >= 0.6 is 11.7 Å². The molecule has 194 valence electrons. The number of nitrogens with one attached hydrogen (secondary N) is 1. The SMILES string of the molecule is CC(C)c1ccc(S(=O)(=O)NC(=O)C(Cc2cccc(OC(F)(F)F)c2)c2ccc3nsnc3c2)cc1. The van der Waals surface area contributed by atoms with Crippen LogP contribution in [0.3, 0.4) is 0 Å². The van der Waals surface area contributed by atoms with Crippen molar-refractivity contribution in [1.82, 2.24) is 13.5 Å². The quantitative estimate of drug-likeness (QED) is 0.310. The second-order valence-corrected chi connectivity index (χ2v) is 10.9. The number of hydrogen-bond acceptors (Lipinski definition) is 7. The fourth-order valence-electron chi connectivity index (χ4n) is 3.78. The van der Waals surface area contributed by atoms with Crippen LogP contribution in [0.4, 0.5) is 13.2 Å². The first kappa shape index (κ1) is 26.6. The zero-order valence-electron chi connectivity index (χ0n) is 19.7. The summed E-state index contributed by atoms with van der Waals surface area (Å²) in [5.41, 5.74) is 2.84. The predicted molar refractivity (Wildman–Crippen MR) is 133 cm³/mol. The Labute approximate surface area is 215 Å². The van der Waals surface area contributed by atoms with Crippen LogP contribution in [0.2, 0.25) is 0 Å². The van der Waals surface area contributed by atoms with Gasteiger partial charge in [-0.1, -0.05) is 44.2 Å². The number of hydrogen-bond donors (Lipinski definition) is 1. The molecule has 1 N–H and O–H groups in total. The second-order valence-electron chi connectivity index (χ2n) is 8.66. The first-order valence-corrected chi connectivity index (χ1v) is 13.4. The minimum atomic E-state index is -4.88. The van der Waals surface area contributed by atoms with Gasteiger partial charge in [0.2, 0.25) is 5.91 Å². The van der Waals surface area contributed by atoms with Crippen LogP contribution in [-0.2, 0) is 21.2 Å². The number of benzene rings is 3. The monoisotopic (exact) mass is 549 g/mol. The van der Waals surface area contributed by atoms with Crippen LogP contribution in [-0.4, -0.2) is 29.4 Å². The van der Waals surface area contributed by atoms with E-state index in [1.807, 2.05) is 13.8 Å². The minimum absolute atomic E-state index is 0.0799. The molecule has 0 aliphatic heterocycles. The molecule has 37 heavy (non-hydrogen) atoms. The summed E-state index contributed by atoms with van der Waals surface area (Å²) < 4.78 is 78.5. The Morgan fingerprint density at radius 3 is 2.32 bits per heavy atom. The van der Waals surface area contributed by atoms with Gasteiger partial charge in [-0.05, 0) is 65.4 Å². The molecule has 1 unspecified atom stereocenters. The molecule has 0 saturated heterocycles. The van der Waals surface area contributed by atoms with Crippen molar-refractivity contribution in [3.8, 4) is 5.75 Å². The molecular formula is C25H22F3N3O4S2. The molecule has 0 spiro atoms. The van der Waals surface area contributed by atoms with Gasteiger partial charge in [0.25, 0.3) is 10.0 Å². The molecule has 0 bridgehead atoms. The Balaban J connectivity index is 1.65. The smallest absolute Gasteiger partial charge is 0.406 e. The van der Waals surface area contributed by atoms with Crippen LogP contribution in [0, 0.1) is 0 Å².